The van der Waals surface area contributed by atoms with Crippen LogP contribution in [0.4, 0.5) is 0 Å². The number of rotatable bonds is 4. The van der Waals surface area contributed by atoms with Gasteiger partial charge in [0, 0.05) is 0 Å². The zero-order valence-corrected chi connectivity index (χ0v) is 11.5. The summed E-state index contributed by atoms with van der Waals surface area (Å²) in [6.07, 6.45) is 1.69. The minimum absolute atomic E-state index is 0.149. The second kappa shape index (κ2) is 5.43. The van der Waals surface area contributed by atoms with E-state index in [1.165, 1.54) is 27.1 Å². The summed E-state index contributed by atoms with van der Waals surface area (Å²) in [5.41, 5.74) is 1.24. The molecule has 2 heteroatoms. The van der Waals surface area contributed by atoms with E-state index in [1.807, 2.05) is 7.05 Å². The molecule has 0 unspecified atom stereocenters. The Morgan fingerprint density at radius 1 is 1.00 bits per heavy atom. The van der Waals surface area contributed by atoms with E-state index in [2.05, 4.69) is 59.9 Å². The summed E-state index contributed by atoms with van der Waals surface area (Å²) in [6.45, 7) is 0. The number of benzene rings is 3. The maximum atomic E-state index is 11.2. The molecule has 0 aliphatic heterocycles. The Balaban J connectivity index is 2.30. The molecule has 0 spiro atoms. The van der Waals surface area contributed by atoms with Crippen molar-refractivity contribution >= 4 is 27.8 Å². The van der Waals surface area contributed by atoms with Gasteiger partial charge in [0.25, 0.3) is 0 Å². The molecule has 0 bridgehead atoms. The fourth-order valence-corrected chi connectivity index (χ4v) is 2.77. The van der Waals surface area contributed by atoms with E-state index in [4.69, 9.17) is 0 Å². The molecule has 1 atom stereocenters. The first-order valence-electron chi connectivity index (χ1n) is 6.85. The van der Waals surface area contributed by atoms with Gasteiger partial charge in [0.1, 0.15) is 6.29 Å². The molecule has 3 aromatic carbocycles. The molecule has 0 aliphatic rings. The minimum Gasteiger partial charge on any atom is -0.311 e. The highest BCUT2D eigenvalue weighted by Gasteiger charge is 2.12. The second-order valence-electron chi connectivity index (χ2n) is 5.03. The van der Waals surface area contributed by atoms with Crippen molar-refractivity contribution in [3.8, 4) is 0 Å². The van der Waals surface area contributed by atoms with Crippen molar-refractivity contribution < 1.29 is 4.79 Å². The van der Waals surface area contributed by atoms with Crippen LogP contribution in [-0.2, 0) is 11.2 Å². The molecule has 0 aromatic heterocycles. The van der Waals surface area contributed by atoms with E-state index in [9.17, 15) is 4.79 Å². The summed E-state index contributed by atoms with van der Waals surface area (Å²) in [6, 6.07) is 18.8. The maximum Gasteiger partial charge on any atom is 0.137 e. The lowest BCUT2D eigenvalue weighted by atomic mass is 9.93. The molecule has 3 aromatic rings. The lowest BCUT2D eigenvalue weighted by molar-refractivity contribution is -0.109. The highest BCUT2D eigenvalue weighted by Crippen LogP contribution is 2.29. The standard InChI is InChI=1S/C18H17NO/c1-19-15(12-20)11-18-16-8-4-2-6-13(16)10-14-7-3-5-9-17(14)18/h2-10,12,15,19H,11H2,1H3/t15-/m0/s1. The molecule has 0 fully saturated rings. The minimum atomic E-state index is -0.149. The number of carbonyl (C=O) groups is 1. The molecule has 0 aliphatic carbocycles. The number of aldehydes is 1. The van der Waals surface area contributed by atoms with Gasteiger partial charge in [-0.2, -0.15) is 0 Å². The monoisotopic (exact) mass is 263 g/mol. The first-order chi connectivity index (χ1) is 9.83. The predicted octanol–water partition coefficient (Wildman–Crippen LogP) is 3.32. The Morgan fingerprint density at radius 2 is 1.55 bits per heavy atom. The summed E-state index contributed by atoms with van der Waals surface area (Å²) in [5.74, 6) is 0. The first kappa shape index (κ1) is 12.8. The normalized spacial score (nSPS) is 12.7. The van der Waals surface area contributed by atoms with Gasteiger partial charge in [0.05, 0.1) is 6.04 Å². The van der Waals surface area contributed by atoms with E-state index in [0.29, 0.717) is 6.42 Å². The zero-order valence-electron chi connectivity index (χ0n) is 11.5. The van der Waals surface area contributed by atoms with Crippen LogP contribution in [0.1, 0.15) is 5.56 Å². The largest absolute Gasteiger partial charge is 0.311 e. The highest BCUT2D eigenvalue weighted by atomic mass is 16.1. The van der Waals surface area contributed by atoms with Gasteiger partial charge >= 0.3 is 0 Å². The Morgan fingerprint density at radius 3 is 2.05 bits per heavy atom. The van der Waals surface area contributed by atoms with Crippen molar-refractivity contribution in [3.05, 3.63) is 60.2 Å². The first-order valence-corrected chi connectivity index (χ1v) is 6.85. The number of fused-ring (bicyclic) bond motifs is 2. The van der Waals surface area contributed by atoms with Crippen molar-refractivity contribution in [2.75, 3.05) is 7.05 Å². The molecular formula is C18H17NO. The van der Waals surface area contributed by atoms with Crippen LogP contribution in [0.3, 0.4) is 0 Å². The summed E-state index contributed by atoms with van der Waals surface area (Å²) in [5, 5.41) is 7.97. The second-order valence-corrected chi connectivity index (χ2v) is 5.03. The summed E-state index contributed by atoms with van der Waals surface area (Å²) >= 11 is 0. The van der Waals surface area contributed by atoms with Gasteiger partial charge in [-0.3, -0.25) is 0 Å². The molecule has 3 rings (SSSR count). The van der Waals surface area contributed by atoms with Gasteiger partial charge in [-0.25, -0.2) is 0 Å². The molecule has 0 saturated heterocycles. The molecule has 0 radical (unpaired) electrons. The van der Waals surface area contributed by atoms with Crippen molar-refractivity contribution in [2.24, 2.45) is 0 Å². The highest BCUT2D eigenvalue weighted by molar-refractivity contribution is 6.02. The Hall–Kier alpha value is -2.19. The predicted molar refractivity (Wildman–Crippen MR) is 84.1 cm³/mol. The van der Waals surface area contributed by atoms with Crippen molar-refractivity contribution in [3.63, 3.8) is 0 Å². The van der Waals surface area contributed by atoms with E-state index in [-0.39, 0.29) is 6.04 Å². The van der Waals surface area contributed by atoms with Gasteiger partial charge in [-0.05, 0) is 46.6 Å². The van der Waals surface area contributed by atoms with Gasteiger partial charge in [0.15, 0.2) is 0 Å². The number of likely N-dealkylation sites (N-methyl/N-ethyl adjacent to an activating group) is 1. The van der Waals surface area contributed by atoms with Gasteiger partial charge in [-0.15, -0.1) is 0 Å². The Kier molecular flexibility index (Phi) is 3.48. The smallest absolute Gasteiger partial charge is 0.137 e. The third-order valence-corrected chi connectivity index (χ3v) is 3.84. The molecule has 0 amide bonds. The Labute approximate surface area is 118 Å². The van der Waals surface area contributed by atoms with Crippen LogP contribution in [0.25, 0.3) is 21.5 Å². The summed E-state index contributed by atoms with van der Waals surface area (Å²) in [7, 11) is 1.83. The lowest BCUT2D eigenvalue weighted by Gasteiger charge is -2.15. The quantitative estimate of drug-likeness (QED) is 0.578. The number of carbonyl (C=O) groups excluding carboxylic acids is 1. The van der Waals surface area contributed by atoms with Gasteiger partial charge in [0.2, 0.25) is 0 Å². The van der Waals surface area contributed by atoms with Crippen LogP contribution < -0.4 is 5.32 Å². The van der Waals surface area contributed by atoms with E-state index in [1.54, 1.807) is 0 Å². The van der Waals surface area contributed by atoms with Crippen LogP contribution >= 0.6 is 0 Å². The van der Waals surface area contributed by atoms with Gasteiger partial charge < -0.3 is 10.1 Å². The molecule has 100 valence electrons. The van der Waals surface area contributed by atoms with Crippen molar-refractivity contribution in [2.45, 2.75) is 12.5 Å². The SMILES string of the molecule is CN[C@H](C=O)Cc1c2ccccc2cc2ccccc12. The maximum absolute atomic E-state index is 11.2. The summed E-state index contributed by atoms with van der Waals surface area (Å²) in [4.78, 5) is 11.2. The van der Waals surface area contributed by atoms with E-state index < -0.39 is 0 Å². The average molecular weight is 263 g/mol. The zero-order chi connectivity index (χ0) is 13.9. The molecule has 0 heterocycles. The van der Waals surface area contributed by atoms with Crippen LogP contribution in [-0.4, -0.2) is 19.4 Å². The average Bonchev–Trinajstić information content (AvgIpc) is 2.51. The van der Waals surface area contributed by atoms with Crippen LogP contribution in [0.5, 0.6) is 0 Å². The third kappa shape index (κ3) is 2.19. The van der Waals surface area contributed by atoms with Gasteiger partial charge in [-0.1, -0.05) is 48.5 Å². The van der Waals surface area contributed by atoms with Crippen LogP contribution in [0, 0.1) is 0 Å². The lowest BCUT2D eigenvalue weighted by Crippen LogP contribution is -2.29. The summed E-state index contributed by atoms with van der Waals surface area (Å²) < 4.78 is 0. The Bertz CT molecular complexity index is 710. The number of nitrogens with one attached hydrogen (secondary N) is 1. The number of hydrogen-bond donors (Lipinski definition) is 1. The number of hydrogen-bond acceptors (Lipinski definition) is 2. The van der Waals surface area contributed by atoms with Crippen molar-refractivity contribution in [1.29, 1.82) is 0 Å². The molecular weight excluding hydrogens is 246 g/mol. The fraction of sp³-hybridized carbons (Fsp3) is 0.167. The fourth-order valence-electron chi connectivity index (χ4n) is 2.77. The van der Waals surface area contributed by atoms with Crippen LogP contribution in [0.15, 0.2) is 54.6 Å². The van der Waals surface area contributed by atoms with Crippen LogP contribution in [0.2, 0.25) is 0 Å². The van der Waals surface area contributed by atoms with E-state index in [0.717, 1.165) is 6.29 Å². The third-order valence-electron chi connectivity index (χ3n) is 3.84. The molecule has 20 heavy (non-hydrogen) atoms. The molecule has 2 nitrogen and oxygen atoms in total. The molecule has 0 saturated carbocycles. The van der Waals surface area contributed by atoms with E-state index >= 15 is 0 Å². The molecule has 1 N–H and O–H groups in total. The topological polar surface area (TPSA) is 29.1 Å². The van der Waals surface area contributed by atoms with Crippen molar-refractivity contribution in [1.82, 2.24) is 5.32 Å².